The van der Waals surface area contributed by atoms with E-state index >= 15 is 0 Å². The highest BCUT2D eigenvalue weighted by atomic mass is 35.5. The summed E-state index contributed by atoms with van der Waals surface area (Å²) in [4.78, 5) is 23.9. The van der Waals surface area contributed by atoms with Gasteiger partial charge in [0.1, 0.15) is 10.7 Å². The molecule has 20 heavy (non-hydrogen) atoms. The number of carbonyl (C=O) groups is 2. The van der Waals surface area contributed by atoms with Gasteiger partial charge in [-0.25, -0.2) is 9.18 Å². The highest BCUT2D eigenvalue weighted by molar-refractivity contribution is 7.16. The summed E-state index contributed by atoms with van der Waals surface area (Å²) < 4.78 is 17.4. The Bertz CT molecular complexity index is 671. The Morgan fingerprint density at radius 1 is 1.25 bits per heavy atom. The Balaban J connectivity index is 2.16. The van der Waals surface area contributed by atoms with E-state index in [1.165, 1.54) is 31.4 Å². The van der Waals surface area contributed by atoms with Crippen molar-refractivity contribution in [2.45, 2.75) is 0 Å². The lowest BCUT2D eigenvalue weighted by Crippen LogP contribution is -2.10. The van der Waals surface area contributed by atoms with Crippen LogP contribution in [-0.2, 0) is 4.74 Å². The van der Waals surface area contributed by atoms with Gasteiger partial charge in [-0.3, -0.25) is 4.79 Å². The fourth-order valence-corrected chi connectivity index (χ4v) is 2.48. The van der Waals surface area contributed by atoms with Crippen LogP contribution in [0, 0.1) is 5.82 Å². The summed E-state index contributed by atoms with van der Waals surface area (Å²) in [5, 5.41) is 2.64. The largest absolute Gasteiger partial charge is 0.465 e. The Morgan fingerprint density at radius 3 is 2.60 bits per heavy atom. The third kappa shape index (κ3) is 3.15. The summed E-state index contributed by atoms with van der Waals surface area (Å²) in [5.41, 5.74) is 0.297. The van der Waals surface area contributed by atoms with Crippen LogP contribution in [0.15, 0.2) is 30.3 Å². The molecular weight excluding hydrogens is 305 g/mol. The highest BCUT2D eigenvalue weighted by Crippen LogP contribution is 2.24. The van der Waals surface area contributed by atoms with Crippen molar-refractivity contribution in [1.29, 1.82) is 0 Å². The lowest BCUT2D eigenvalue weighted by Gasteiger charge is -2.05. The maximum Gasteiger partial charge on any atom is 0.348 e. The zero-order valence-corrected chi connectivity index (χ0v) is 11.8. The Kier molecular flexibility index (Phi) is 4.36. The molecule has 0 aliphatic rings. The fourth-order valence-electron chi connectivity index (χ4n) is 1.44. The van der Waals surface area contributed by atoms with Gasteiger partial charge in [0.15, 0.2) is 0 Å². The standard InChI is InChI=1S/C13H9ClFNO3S/c1-19-13(18)11-5-4-10(20-11)12(17)16-9-3-2-7(15)6-8(9)14/h2-6H,1H3,(H,16,17). The van der Waals surface area contributed by atoms with Crippen LogP contribution in [0.2, 0.25) is 5.02 Å². The summed E-state index contributed by atoms with van der Waals surface area (Å²) in [5.74, 6) is -1.43. The zero-order valence-electron chi connectivity index (χ0n) is 10.3. The molecule has 2 rings (SSSR count). The molecule has 1 aromatic heterocycles. The van der Waals surface area contributed by atoms with Crippen molar-refractivity contribution in [2.24, 2.45) is 0 Å². The van der Waals surface area contributed by atoms with E-state index in [2.05, 4.69) is 10.1 Å². The number of nitrogens with one attached hydrogen (secondary N) is 1. The Labute approximate surface area is 123 Å². The number of halogens is 2. The van der Waals surface area contributed by atoms with Crippen LogP contribution in [0.25, 0.3) is 0 Å². The predicted molar refractivity (Wildman–Crippen MR) is 75.0 cm³/mol. The number of anilines is 1. The number of esters is 1. The number of hydrogen-bond donors (Lipinski definition) is 1. The van der Waals surface area contributed by atoms with Crippen molar-refractivity contribution in [3.63, 3.8) is 0 Å². The Hall–Kier alpha value is -1.92. The summed E-state index contributed by atoms with van der Waals surface area (Å²) in [6.07, 6.45) is 0. The summed E-state index contributed by atoms with van der Waals surface area (Å²) in [7, 11) is 1.26. The minimum absolute atomic E-state index is 0.100. The maximum absolute atomic E-state index is 12.9. The molecule has 0 spiro atoms. The molecule has 0 unspecified atom stereocenters. The van der Waals surface area contributed by atoms with Gasteiger partial charge in [-0.2, -0.15) is 0 Å². The fraction of sp³-hybridized carbons (Fsp3) is 0.0769. The van der Waals surface area contributed by atoms with Crippen LogP contribution in [0.3, 0.4) is 0 Å². The minimum atomic E-state index is -0.506. The van der Waals surface area contributed by atoms with Gasteiger partial charge >= 0.3 is 5.97 Å². The average Bonchev–Trinajstić information content (AvgIpc) is 2.90. The molecule has 104 valence electrons. The molecule has 0 fully saturated rings. The van der Waals surface area contributed by atoms with Gasteiger partial charge in [0.2, 0.25) is 0 Å². The number of ether oxygens (including phenoxy) is 1. The third-order valence-corrected chi connectivity index (χ3v) is 3.77. The molecule has 1 amide bonds. The molecule has 1 aromatic carbocycles. The smallest absolute Gasteiger partial charge is 0.348 e. The highest BCUT2D eigenvalue weighted by Gasteiger charge is 2.15. The van der Waals surface area contributed by atoms with E-state index in [-0.39, 0.29) is 5.02 Å². The quantitative estimate of drug-likeness (QED) is 0.881. The second-order valence-electron chi connectivity index (χ2n) is 3.73. The number of rotatable bonds is 3. The monoisotopic (exact) mass is 313 g/mol. The molecule has 0 radical (unpaired) electrons. The SMILES string of the molecule is COC(=O)c1ccc(C(=O)Nc2ccc(F)cc2Cl)s1. The van der Waals surface area contributed by atoms with Gasteiger partial charge in [0.05, 0.1) is 22.7 Å². The van der Waals surface area contributed by atoms with Crippen molar-refractivity contribution >= 4 is 40.5 Å². The molecule has 0 atom stereocenters. The molecule has 0 saturated heterocycles. The van der Waals surface area contributed by atoms with Gasteiger partial charge in [-0.1, -0.05) is 11.6 Å². The number of hydrogen-bond acceptors (Lipinski definition) is 4. The first kappa shape index (κ1) is 14.5. The first-order chi connectivity index (χ1) is 9.51. The summed E-state index contributed by atoms with van der Waals surface area (Å²) in [6.45, 7) is 0. The number of carbonyl (C=O) groups excluding carboxylic acids is 2. The normalized spacial score (nSPS) is 10.2. The van der Waals surface area contributed by atoms with E-state index in [1.807, 2.05) is 0 Å². The van der Waals surface area contributed by atoms with Crippen LogP contribution in [-0.4, -0.2) is 19.0 Å². The van der Waals surface area contributed by atoms with Crippen LogP contribution < -0.4 is 5.32 Å². The van der Waals surface area contributed by atoms with Crippen molar-refractivity contribution in [3.8, 4) is 0 Å². The van der Waals surface area contributed by atoms with Crippen LogP contribution in [0.1, 0.15) is 19.3 Å². The molecular formula is C13H9ClFNO3S. The number of amides is 1. The molecule has 1 N–H and O–H groups in total. The van der Waals surface area contributed by atoms with Gasteiger partial charge in [-0.15, -0.1) is 11.3 Å². The van der Waals surface area contributed by atoms with E-state index in [0.717, 1.165) is 17.4 Å². The lowest BCUT2D eigenvalue weighted by molar-refractivity contribution is 0.0606. The first-order valence-electron chi connectivity index (χ1n) is 5.46. The van der Waals surface area contributed by atoms with E-state index < -0.39 is 17.7 Å². The number of thiophene rings is 1. The van der Waals surface area contributed by atoms with Crippen molar-refractivity contribution in [1.82, 2.24) is 0 Å². The predicted octanol–water partition coefficient (Wildman–Crippen LogP) is 3.58. The zero-order chi connectivity index (χ0) is 14.7. The van der Waals surface area contributed by atoms with Crippen molar-refractivity contribution < 1.29 is 18.7 Å². The third-order valence-electron chi connectivity index (χ3n) is 2.40. The van der Waals surface area contributed by atoms with Crippen LogP contribution in [0.5, 0.6) is 0 Å². The average molecular weight is 314 g/mol. The second-order valence-corrected chi connectivity index (χ2v) is 5.22. The van der Waals surface area contributed by atoms with Crippen molar-refractivity contribution in [3.05, 3.63) is 50.9 Å². The Morgan fingerprint density at radius 2 is 1.95 bits per heavy atom. The molecule has 0 bridgehead atoms. The number of benzene rings is 1. The molecule has 2 aromatic rings. The summed E-state index contributed by atoms with van der Waals surface area (Å²) in [6, 6.07) is 6.66. The van der Waals surface area contributed by atoms with E-state index in [1.54, 1.807) is 0 Å². The number of methoxy groups -OCH3 is 1. The lowest BCUT2D eigenvalue weighted by atomic mass is 10.3. The summed E-state index contributed by atoms with van der Waals surface area (Å²) >= 11 is 6.81. The molecule has 4 nitrogen and oxygen atoms in total. The van der Waals surface area contributed by atoms with Gasteiger partial charge in [0.25, 0.3) is 5.91 Å². The van der Waals surface area contributed by atoms with E-state index in [4.69, 9.17) is 11.6 Å². The van der Waals surface area contributed by atoms with E-state index in [0.29, 0.717) is 15.4 Å². The molecule has 0 aliphatic carbocycles. The molecule has 1 heterocycles. The topological polar surface area (TPSA) is 55.4 Å². The molecule has 0 aliphatic heterocycles. The molecule has 7 heteroatoms. The minimum Gasteiger partial charge on any atom is -0.465 e. The van der Waals surface area contributed by atoms with Gasteiger partial charge in [0, 0.05) is 0 Å². The van der Waals surface area contributed by atoms with Crippen LogP contribution >= 0.6 is 22.9 Å². The van der Waals surface area contributed by atoms with Crippen molar-refractivity contribution in [2.75, 3.05) is 12.4 Å². The van der Waals surface area contributed by atoms with Crippen LogP contribution in [0.4, 0.5) is 10.1 Å². The maximum atomic E-state index is 12.9. The molecule has 0 saturated carbocycles. The van der Waals surface area contributed by atoms with Gasteiger partial charge in [-0.05, 0) is 30.3 Å². The van der Waals surface area contributed by atoms with E-state index in [9.17, 15) is 14.0 Å². The second kappa shape index (κ2) is 6.02. The van der Waals surface area contributed by atoms with Gasteiger partial charge < -0.3 is 10.1 Å². The first-order valence-corrected chi connectivity index (χ1v) is 6.65.